The van der Waals surface area contributed by atoms with Crippen LogP contribution in [0.1, 0.15) is 39.7 Å². The van der Waals surface area contributed by atoms with Gasteiger partial charge in [0.25, 0.3) is 5.91 Å². The minimum absolute atomic E-state index is 0.139. The lowest BCUT2D eigenvalue weighted by atomic mass is 9.98. The summed E-state index contributed by atoms with van der Waals surface area (Å²) in [5, 5.41) is 1.12. The number of rotatable bonds is 5. The topological polar surface area (TPSA) is 64.2 Å². The maximum absolute atomic E-state index is 13.6. The van der Waals surface area contributed by atoms with Crippen LogP contribution in [0.4, 0.5) is 0 Å². The predicted molar refractivity (Wildman–Crippen MR) is 123 cm³/mol. The Morgan fingerprint density at radius 2 is 1.84 bits per heavy atom. The molecule has 0 saturated carbocycles. The third-order valence-electron chi connectivity index (χ3n) is 6.44. The first-order valence-electron chi connectivity index (χ1n) is 11.1. The lowest BCUT2D eigenvalue weighted by molar-refractivity contribution is -0.908. The van der Waals surface area contributed by atoms with Gasteiger partial charge in [-0.1, -0.05) is 35.4 Å². The largest absolute Gasteiger partial charge is 0.450 e. The molecule has 1 aromatic heterocycles. The van der Waals surface area contributed by atoms with Crippen molar-refractivity contribution in [3.63, 3.8) is 0 Å². The van der Waals surface area contributed by atoms with Gasteiger partial charge in [0.1, 0.15) is 18.7 Å². The van der Waals surface area contributed by atoms with Gasteiger partial charge in [-0.2, -0.15) is 0 Å². The van der Waals surface area contributed by atoms with Crippen molar-refractivity contribution in [1.29, 1.82) is 0 Å². The molecule has 1 atom stereocenters. The molecule has 0 spiro atoms. The second kappa shape index (κ2) is 8.70. The first kappa shape index (κ1) is 21.2. The summed E-state index contributed by atoms with van der Waals surface area (Å²) in [6.45, 7) is 6.98. The number of aryl methyl sites for hydroxylation is 1. The number of benzene rings is 2. The van der Waals surface area contributed by atoms with Crippen molar-refractivity contribution < 1.29 is 18.8 Å². The number of nitrogens with one attached hydrogen (secondary N) is 1. The number of halogens is 1. The summed E-state index contributed by atoms with van der Waals surface area (Å²) in [7, 11) is 0. The van der Waals surface area contributed by atoms with Gasteiger partial charge in [-0.25, -0.2) is 0 Å². The van der Waals surface area contributed by atoms with Gasteiger partial charge in [-0.15, -0.1) is 0 Å². The molecule has 2 aliphatic rings. The highest BCUT2D eigenvalue weighted by molar-refractivity contribution is 6.30. The molecule has 1 saturated heterocycles. The van der Waals surface area contributed by atoms with Crippen LogP contribution in [-0.4, -0.2) is 50.2 Å². The average molecular weight is 454 g/mol. The number of morpholine rings is 1. The van der Waals surface area contributed by atoms with E-state index in [1.165, 1.54) is 4.90 Å². The van der Waals surface area contributed by atoms with Gasteiger partial charge in [0, 0.05) is 18.0 Å². The molecule has 0 aliphatic carbocycles. The number of quaternary nitrogens is 1. The highest BCUT2D eigenvalue weighted by atomic mass is 35.5. The molecular weight excluding hydrogens is 428 g/mol. The number of ether oxygens (including phenoxy) is 1. The maximum atomic E-state index is 13.6. The summed E-state index contributed by atoms with van der Waals surface area (Å²) in [6.07, 6.45) is 0.839. The Kier molecular flexibility index (Phi) is 5.76. The third kappa shape index (κ3) is 3.83. The quantitative estimate of drug-likeness (QED) is 0.645. The fraction of sp³-hybridized carbons (Fsp3) is 0.360. The minimum atomic E-state index is -0.476. The van der Waals surface area contributed by atoms with E-state index >= 15 is 0 Å². The summed E-state index contributed by atoms with van der Waals surface area (Å²) in [5.41, 5.74) is 2.57. The van der Waals surface area contributed by atoms with E-state index in [1.807, 2.05) is 31.2 Å². The standard InChI is InChI=1S/C25H25ClN2O4/c1-16-3-8-20-19(15-16)23(29)21-22(17-4-6-18(26)7-5-17)28(25(30)24(21)32-20)10-2-9-27-11-13-31-14-12-27/h3-8,15,22H,2,9-14H2,1H3/p+1/t22-/m0/s1. The molecule has 5 rings (SSSR count). The molecule has 1 amide bonds. The van der Waals surface area contributed by atoms with Crippen molar-refractivity contribution in [2.24, 2.45) is 0 Å². The van der Waals surface area contributed by atoms with Crippen molar-refractivity contribution in [1.82, 2.24) is 4.90 Å². The Labute approximate surface area is 191 Å². The van der Waals surface area contributed by atoms with Crippen molar-refractivity contribution in [3.8, 4) is 0 Å². The van der Waals surface area contributed by atoms with Crippen LogP contribution in [0.25, 0.3) is 11.0 Å². The minimum Gasteiger partial charge on any atom is -0.450 e. The fourth-order valence-electron chi connectivity index (χ4n) is 4.77. The van der Waals surface area contributed by atoms with Crippen LogP contribution in [-0.2, 0) is 4.74 Å². The van der Waals surface area contributed by atoms with E-state index in [0.717, 1.165) is 50.4 Å². The Balaban J connectivity index is 1.53. The number of amides is 1. The van der Waals surface area contributed by atoms with Gasteiger partial charge < -0.3 is 19.0 Å². The Hall–Kier alpha value is -2.67. The van der Waals surface area contributed by atoms with Crippen LogP contribution < -0.4 is 10.3 Å². The molecule has 1 fully saturated rings. The van der Waals surface area contributed by atoms with E-state index < -0.39 is 6.04 Å². The SMILES string of the molecule is Cc1ccc2oc3c(c(=O)c2c1)[C@H](c1ccc(Cl)cc1)N(CCC[NH+]1CCOCC1)C3=O. The van der Waals surface area contributed by atoms with Crippen molar-refractivity contribution in [2.75, 3.05) is 39.4 Å². The van der Waals surface area contributed by atoms with Gasteiger partial charge in [0.2, 0.25) is 5.76 Å². The Morgan fingerprint density at radius 3 is 2.59 bits per heavy atom. The van der Waals surface area contributed by atoms with Crippen LogP contribution in [0.15, 0.2) is 51.7 Å². The van der Waals surface area contributed by atoms with Crippen molar-refractivity contribution in [2.45, 2.75) is 19.4 Å². The van der Waals surface area contributed by atoms with E-state index in [-0.39, 0.29) is 17.1 Å². The number of hydrogen-bond acceptors (Lipinski definition) is 4. The monoisotopic (exact) mass is 453 g/mol. The summed E-state index contributed by atoms with van der Waals surface area (Å²) in [4.78, 5) is 30.3. The maximum Gasteiger partial charge on any atom is 0.290 e. The molecule has 1 N–H and O–H groups in total. The predicted octanol–water partition coefficient (Wildman–Crippen LogP) is 2.61. The molecule has 2 aliphatic heterocycles. The summed E-state index contributed by atoms with van der Waals surface area (Å²) in [5.74, 6) is -0.0680. The molecule has 3 heterocycles. The molecule has 2 aromatic carbocycles. The van der Waals surface area contributed by atoms with Gasteiger partial charge in [-0.05, 0) is 36.8 Å². The second-order valence-electron chi connectivity index (χ2n) is 8.59. The van der Waals surface area contributed by atoms with Gasteiger partial charge in [0.15, 0.2) is 5.43 Å². The molecule has 0 bridgehead atoms. The first-order valence-corrected chi connectivity index (χ1v) is 11.5. The van der Waals surface area contributed by atoms with Crippen LogP contribution in [0.2, 0.25) is 5.02 Å². The lowest BCUT2D eigenvalue weighted by Crippen LogP contribution is -3.14. The van der Waals surface area contributed by atoms with E-state index in [4.69, 9.17) is 20.8 Å². The second-order valence-corrected chi connectivity index (χ2v) is 9.03. The zero-order valence-corrected chi connectivity index (χ0v) is 18.8. The fourth-order valence-corrected chi connectivity index (χ4v) is 4.89. The van der Waals surface area contributed by atoms with E-state index in [0.29, 0.717) is 28.1 Å². The normalized spacial score (nSPS) is 19.0. The van der Waals surface area contributed by atoms with Crippen molar-refractivity contribution >= 4 is 28.5 Å². The summed E-state index contributed by atoms with van der Waals surface area (Å²) in [6, 6.07) is 12.4. The van der Waals surface area contributed by atoms with E-state index in [9.17, 15) is 9.59 Å². The summed E-state index contributed by atoms with van der Waals surface area (Å²) < 4.78 is 11.5. The molecular formula is C25H26ClN2O4+. The van der Waals surface area contributed by atoms with E-state index in [1.54, 1.807) is 23.1 Å². The molecule has 166 valence electrons. The number of fused-ring (bicyclic) bond motifs is 2. The number of carbonyl (C=O) groups is 1. The first-order chi connectivity index (χ1) is 15.5. The van der Waals surface area contributed by atoms with Crippen LogP contribution >= 0.6 is 11.6 Å². The van der Waals surface area contributed by atoms with Crippen LogP contribution in [0.5, 0.6) is 0 Å². The average Bonchev–Trinajstić information content (AvgIpc) is 3.08. The van der Waals surface area contributed by atoms with E-state index in [2.05, 4.69) is 0 Å². The van der Waals surface area contributed by atoms with Crippen LogP contribution in [0, 0.1) is 6.92 Å². The summed E-state index contributed by atoms with van der Waals surface area (Å²) >= 11 is 6.11. The Morgan fingerprint density at radius 1 is 1.09 bits per heavy atom. The lowest BCUT2D eigenvalue weighted by Gasteiger charge is -2.27. The van der Waals surface area contributed by atoms with Gasteiger partial charge >= 0.3 is 0 Å². The molecule has 7 heteroatoms. The Bertz CT molecular complexity index is 1220. The molecule has 32 heavy (non-hydrogen) atoms. The molecule has 6 nitrogen and oxygen atoms in total. The highest BCUT2D eigenvalue weighted by Gasteiger charge is 2.42. The number of nitrogens with zero attached hydrogens (tertiary/aromatic N) is 1. The smallest absolute Gasteiger partial charge is 0.290 e. The number of carbonyl (C=O) groups excluding carboxylic acids is 1. The third-order valence-corrected chi connectivity index (χ3v) is 6.69. The number of hydrogen-bond donors (Lipinski definition) is 1. The highest BCUT2D eigenvalue weighted by Crippen LogP contribution is 2.38. The zero-order chi connectivity index (χ0) is 22.2. The zero-order valence-electron chi connectivity index (χ0n) is 18.0. The molecule has 0 unspecified atom stereocenters. The molecule has 0 radical (unpaired) electrons. The van der Waals surface area contributed by atoms with Gasteiger partial charge in [0.05, 0.1) is 36.8 Å². The molecule has 3 aromatic rings. The van der Waals surface area contributed by atoms with Gasteiger partial charge in [-0.3, -0.25) is 9.59 Å². The van der Waals surface area contributed by atoms with Crippen LogP contribution in [0.3, 0.4) is 0 Å². The van der Waals surface area contributed by atoms with Crippen molar-refractivity contribution in [3.05, 3.63) is 80.2 Å².